The van der Waals surface area contributed by atoms with Crippen molar-refractivity contribution in [2.75, 3.05) is 40.3 Å². The number of aldehydes is 1. The molecule has 0 amide bonds. The van der Waals surface area contributed by atoms with Gasteiger partial charge in [-0.05, 0) is 94.5 Å². The molecule has 172 valence electrons. The maximum absolute atomic E-state index is 9.97. The molecule has 0 aliphatic carbocycles. The van der Waals surface area contributed by atoms with Crippen LogP contribution < -0.4 is 5.32 Å². The minimum atomic E-state index is 0.306. The smallest absolute Gasteiger partial charge is 0.124 e. The number of nitrogens with zero attached hydrogens (tertiary/aromatic N) is 1. The molecule has 0 spiro atoms. The van der Waals surface area contributed by atoms with Crippen molar-refractivity contribution >= 4 is 29.6 Å². The number of hydrogen-bond acceptors (Lipinski definition) is 5. The van der Waals surface area contributed by atoms with E-state index >= 15 is 0 Å². The maximum atomic E-state index is 9.97. The topological polar surface area (TPSA) is 41.6 Å². The van der Waals surface area contributed by atoms with Gasteiger partial charge in [-0.15, -0.1) is 0 Å². The van der Waals surface area contributed by atoms with E-state index in [1.165, 1.54) is 30.8 Å². The van der Waals surface area contributed by atoms with Crippen LogP contribution in [0.3, 0.4) is 0 Å². The Hall–Kier alpha value is -1.53. The van der Waals surface area contributed by atoms with Gasteiger partial charge in [0.2, 0.25) is 0 Å². The lowest BCUT2D eigenvalue weighted by atomic mass is 9.98. The fourth-order valence-electron chi connectivity index (χ4n) is 2.99. The Labute approximate surface area is 197 Å². The van der Waals surface area contributed by atoms with E-state index in [0.29, 0.717) is 5.92 Å². The Bertz CT molecular complexity index is 677. The SMILES string of the molecule is C=C/C=C(\C)OC.CN1CCC(/C=C/Sc2ccc(Cl)cc2)CC1.O=CC1CCNC1. The van der Waals surface area contributed by atoms with Crippen molar-refractivity contribution in [1.29, 1.82) is 0 Å². The first-order chi connectivity index (χ1) is 15.0. The minimum Gasteiger partial charge on any atom is -0.501 e. The highest BCUT2D eigenvalue weighted by Gasteiger charge is 2.13. The zero-order chi connectivity index (χ0) is 22.9. The number of nitrogens with one attached hydrogen (secondary N) is 1. The third-order valence-electron chi connectivity index (χ3n) is 5.10. The third-order valence-corrected chi connectivity index (χ3v) is 6.19. The second-order valence-corrected chi connectivity index (χ2v) is 9.06. The van der Waals surface area contributed by atoms with Crippen molar-refractivity contribution in [1.82, 2.24) is 10.2 Å². The lowest BCUT2D eigenvalue weighted by molar-refractivity contribution is -0.110. The molecule has 0 radical (unpaired) electrons. The summed E-state index contributed by atoms with van der Waals surface area (Å²) in [5.41, 5.74) is 0. The zero-order valence-corrected chi connectivity index (χ0v) is 20.6. The molecule has 1 unspecified atom stereocenters. The number of halogens is 1. The molecule has 1 aromatic carbocycles. The molecule has 2 aliphatic heterocycles. The monoisotopic (exact) mass is 464 g/mol. The number of rotatable bonds is 6. The average molecular weight is 465 g/mol. The van der Waals surface area contributed by atoms with E-state index in [2.05, 4.69) is 47.5 Å². The van der Waals surface area contributed by atoms with Gasteiger partial charge in [-0.25, -0.2) is 0 Å². The summed E-state index contributed by atoms with van der Waals surface area (Å²) in [5.74, 6) is 1.95. The van der Waals surface area contributed by atoms with Crippen LogP contribution in [0.5, 0.6) is 0 Å². The number of benzene rings is 1. The standard InChI is InChI=1S/C14H18ClNS.C6H10O.C5H9NO/c1-16-9-6-12(7-10-16)8-11-17-14-4-2-13(15)3-5-14;1-4-5-6(2)7-3;7-4-5-1-2-6-3-5/h2-5,8,11-12H,6-7,9-10H2,1H3;4-5H,1H2,2-3H3;4-6H,1-3H2/b11-8+;6-5+;. The first kappa shape index (κ1) is 27.5. The summed E-state index contributed by atoms with van der Waals surface area (Å²) in [6, 6.07) is 8.00. The molecule has 6 heteroatoms. The number of carbonyl (C=O) groups is 1. The van der Waals surface area contributed by atoms with Crippen molar-refractivity contribution < 1.29 is 9.53 Å². The van der Waals surface area contributed by atoms with Crippen molar-refractivity contribution in [3.05, 3.63) is 65.3 Å². The summed E-state index contributed by atoms with van der Waals surface area (Å²) in [5, 5.41) is 6.11. The Morgan fingerprint density at radius 2 is 1.90 bits per heavy atom. The van der Waals surface area contributed by atoms with E-state index in [9.17, 15) is 4.79 Å². The highest BCUT2D eigenvalue weighted by Crippen LogP contribution is 2.24. The highest BCUT2D eigenvalue weighted by molar-refractivity contribution is 8.02. The quantitative estimate of drug-likeness (QED) is 0.249. The number of allylic oxidation sites excluding steroid dienone is 4. The van der Waals surface area contributed by atoms with Gasteiger partial charge in [-0.2, -0.15) is 0 Å². The minimum absolute atomic E-state index is 0.306. The molecule has 2 fully saturated rings. The number of thioether (sulfide) groups is 1. The van der Waals surface area contributed by atoms with Gasteiger partial charge in [-0.1, -0.05) is 42.1 Å². The predicted octanol–water partition coefficient (Wildman–Crippen LogP) is 5.81. The second kappa shape index (κ2) is 17.1. The van der Waals surface area contributed by atoms with E-state index in [4.69, 9.17) is 16.3 Å². The molecule has 0 bridgehead atoms. The molecule has 31 heavy (non-hydrogen) atoms. The number of hydrogen-bond donors (Lipinski definition) is 1. The normalized spacial score (nSPS) is 19.7. The van der Waals surface area contributed by atoms with Crippen LogP contribution >= 0.6 is 23.4 Å². The van der Waals surface area contributed by atoms with Gasteiger partial charge < -0.3 is 19.7 Å². The summed E-state index contributed by atoms with van der Waals surface area (Å²) in [4.78, 5) is 13.6. The summed E-state index contributed by atoms with van der Waals surface area (Å²) in [6.07, 6.45) is 10.5. The third kappa shape index (κ3) is 13.5. The van der Waals surface area contributed by atoms with Gasteiger partial charge in [0.1, 0.15) is 6.29 Å². The Kier molecular flexibility index (Phi) is 15.2. The molecule has 1 atom stereocenters. The lowest BCUT2D eigenvalue weighted by Crippen LogP contribution is -2.29. The largest absolute Gasteiger partial charge is 0.501 e. The summed E-state index contributed by atoms with van der Waals surface area (Å²) >= 11 is 7.62. The average Bonchev–Trinajstić information content (AvgIpc) is 3.32. The molecule has 4 nitrogen and oxygen atoms in total. The van der Waals surface area contributed by atoms with Gasteiger partial charge in [0, 0.05) is 22.4 Å². The van der Waals surface area contributed by atoms with E-state index in [0.717, 1.165) is 42.5 Å². The number of carbonyl (C=O) groups excluding carboxylic acids is 1. The molecule has 2 aliphatic rings. The Morgan fingerprint density at radius 1 is 1.23 bits per heavy atom. The highest BCUT2D eigenvalue weighted by atomic mass is 35.5. The van der Waals surface area contributed by atoms with Crippen LogP contribution in [0.4, 0.5) is 0 Å². The number of likely N-dealkylation sites (tertiary alicyclic amines) is 1. The molecule has 2 heterocycles. The second-order valence-electron chi connectivity index (χ2n) is 7.65. The number of piperidine rings is 1. The molecule has 0 saturated carbocycles. The van der Waals surface area contributed by atoms with E-state index in [-0.39, 0.29) is 0 Å². The molecular formula is C25H37ClN2O2S. The van der Waals surface area contributed by atoms with Crippen molar-refractivity contribution in [2.24, 2.45) is 11.8 Å². The number of ether oxygens (including phenoxy) is 1. The summed E-state index contributed by atoms with van der Waals surface area (Å²) < 4.78 is 4.78. The fourth-order valence-corrected chi connectivity index (χ4v) is 3.87. The van der Waals surface area contributed by atoms with Crippen LogP contribution in [0.2, 0.25) is 5.02 Å². The van der Waals surface area contributed by atoms with Crippen LogP contribution in [0.25, 0.3) is 0 Å². The van der Waals surface area contributed by atoms with Crippen LogP contribution in [0.1, 0.15) is 26.2 Å². The fraction of sp³-hybridized carbons (Fsp3) is 0.480. The van der Waals surface area contributed by atoms with Gasteiger partial charge >= 0.3 is 0 Å². The van der Waals surface area contributed by atoms with Crippen LogP contribution in [-0.4, -0.2) is 51.5 Å². The van der Waals surface area contributed by atoms with Gasteiger partial charge in [-0.3, -0.25) is 0 Å². The van der Waals surface area contributed by atoms with E-state index in [1.807, 2.05) is 19.1 Å². The first-order valence-electron chi connectivity index (χ1n) is 10.7. The van der Waals surface area contributed by atoms with Crippen LogP contribution in [0.15, 0.2) is 65.1 Å². The van der Waals surface area contributed by atoms with Crippen LogP contribution in [0, 0.1) is 11.8 Å². The zero-order valence-electron chi connectivity index (χ0n) is 19.1. The van der Waals surface area contributed by atoms with Gasteiger partial charge in [0.25, 0.3) is 0 Å². The maximum Gasteiger partial charge on any atom is 0.124 e. The predicted molar refractivity (Wildman–Crippen MR) is 135 cm³/mol. The molecule has 0 aromatic heterocycles. The molecule has 2 saturated heterocycles. The lowest BCUT2D eigenvalue weighted by Gasteiger charge is -2.26. The molecule has 3 rings (SSSR count). The molecule has 1 N–H and O–H groups in total. The van der Waals surface area contributed by atoms with E-state index < -0.39 is 0 Å². The van der Waals surface area contributed by atoms with Crippen molar-refractivity contribution in [2.45, 2.75) is 31.1 Å². The van der Waals surface area contributed by atoms with Crippen LogP contribution in [-0.2, 0) is 9.53 Å². The first-order valence-corrected chi connectivity index (χ1v) is 12.0. The summed E-state index contributed by atoms with van der Waals surface area (Å²) in [6.45, 7) is 9.72. The molecular weight excluding hydrogens is 428 g/mol. The van der Waals surface area contributed by atoms with Gasteiger partial charge in [0.15, 0.2) is 0 Å². The van der Waals surface area contributed by atoms with Gasteiger partial charge in [0.05, 0.1) is 12.9 Å². The van der Waals surface area contributed by atoms with Crippen molar-refractivity contribution in [3.63, 3.8) is 0 Å². The van der Waals surface area contributed by atoms with Crippen molar-refractivity contribution in [3.8, 4) is 0 Å². The van der Waals surface area contributed by atoms with E-state index in [1.54, 1.807) is 31.0 Å². The molecule has 1 aromatic rings. The number of methoxy groups -OCH3 is 1. The summed E-state index contributed by atoms with van der Waals surface area (Å²) in [7, 11) is 3.83. The Balaban J connectivity index is 0.000000283. The Morgan fingerprint density at radius 3 is 2.35 bits per heavy atom.